The van der Waals surface area contributed by atoms with E-state index in [0.29, 0.717) is 5.82 Å². The van der Waals surface area contributed by atoms with Crippen molar-refractivity contribution in [3.8, 4) is 0 Å². The number of amides is 1. The number of rotatable bonds is 5. The number of hydrogen-bond donors (Lipinski definition) is 1. The molecular weight excluding hydrogens is 434 g/mol. The summed E-state index contributed by atoms with van der Waals surface area (Å²) in [6.07, 6.45) is 3.89. The number of benzene rings is 2. The highest BCUT2D eigenvalue weighted by Gasteiger charge is 2.27. The number of aromatic nitrogens is 2. The second kappa shape index (κ2) is 9.73. The van der Waals surface area contributed by atoms with Crippen LogP contribution in [0.1, 0.15) is 82.7 Å². The Kier molecular flexibility index (Phi) is 6.88. The molecule has 4 rings (SSSR count). The van der Waals surface area contributed by atoms with Gasteiger partial charge < -0.3 is 4.74 Å². The molecule has 1 aromatic heterocycles. The van der Waals surface area contributed by atoms with Gasteiger partial charge in [-0.2, -0.15) is 5.10 Å². The van der Waals surface area contributed by atoms with Crippen LogP contribution in [-0.4, -0.2) is 15.9 Å². The van der Waals surface area contributed by atoms with Gasteiger partial charge in [0.1, 0.15) is 12.4 Å². The fourth-order valence-corrected chi connectivity index (χ4v) is 4.42. The second-order valence-corrected chi connectivity index (χ2v) is 11.4. The van der Waals surface area contributed by atoms with E-state index in [2.05, 4.69) is 77.2 Å². The zero-order valence-electron chi connectivity index (χ0n) is 21.8. The maximum atomic E-state index is 12.6. The van der Waals surface area contributed by atoms with Crippen LogP contribution >= 0.6 is 0 Å². The summed E-state index contributed by atoms with van der Waals surface area (Å²) < 4.78 is 7.33. The number of nitrogens with zero attached hydrogens (tertiary/aromatic N) is 2. The Balaban J connectivity index is 1.53. The van der Waals surface area contributed by atoms with Crippen molar-refractivity contribution in [2.24, 2.45) is 0 Å². The quantitative estimate of drug-likeness (QED) is 0.416. The van der Waals surface area contributed by atoms with Crippen LogP contribution in [0.2, 0.25) is 0 Å². The van der Waals surface area contributed by atoms with Crippen molar-refractivity contribution in [1.82, 2.24) is 9.78 Å². The summed E-state index contributed by atoms with van der Waals surface area (Å²) in [6.45, 7) is 13.2. The first-order valence-corrected chi connectivity index (χ1v) is 12.4. The van der Waals surface area contributed by atoms with E-state index < -0.39 is 6.09 Å². The molecule has 35 heavy (non-hydrogen) atoms. The molecular formula is C30H37N3O2. The van der Waals surface area contributed by atoms with Crippen molar-refractivity contribution in [3.05, 3.63) is 89.1 Å². The topological polar surface area (TPSA) is 56.1 Å². The van der Waals surface area contributed by atoms with Crippen molar-refractivity contribution >= 4 is 17.5 Å². The van der Waals surface area contributed by atoms with Gasteiger partial charge in [-0.3, -0.25) is 5.32 Å². The van der Waals surface area contributed by atoms with Crippen molar-refractivity contribution in [1.29, 1.82) is 0 Å². The lowest BCUT2D eigenvalue weighted by atomic mass is 9.85. The van der Waals surface area contributed by atoms with E-state index in [1.165, 1.54) is 16.7 Å². The SMILES string of the molecule is CC(C)(C)c1cccc(C2=CC(c3cc(NC(=O)OCc4ccccc4)n(C(C)(C)C)n3)CC2)c1. The predicted octanol–water partition coefficient (Wildman–Crippen LogP) is 7.65. The Labute approximate surface area is 209 Å². The molecule has 0 spiro atoms. The lowest BCUT2D eigenvalue weighted by molar-refractivity contribution is 0.154. The molecule has 3 aromatic rings. The highest BCUT2D eigenvalue weighted by molar-refractivity contribution is 5.83. The molecule has 0 aliphatic heterocycles. The minimum absolute atomic E-state index is 0.121. The maximum absolute atomic E-state index is 12.6. The Bertz CT molecular complexity index is 1210. The Morgan fingerprint density at radius 3 is 2.46 bits per heavy atom. The van der Waals surface area contributed by atoms with Crippen LogP contribution in [0.15, 0.2) is 66.7 Å². The monoisotopic (exact) mass is 471 g/mol. The normalized spacial score (nSPS) is 16.2. The Hall–Kier alpha value is -3.34. The average molecular weight is 472 g/mol. The third-order valence-corrected chi connectivity index (χ3v) is 6.41. The van der Waals surface area contributed by atoms with Crippen LogP contribution < -0.4 is 5.32 Å². The van der Waals surface area contributed by atoms with Gasteiger partial charge in [0.05, 0.1) is 11.2 Å². The first-order chi connectivity index (χ1) is 16.5. The molecule has 1 aliphatic carbocycles. The number of hydrogen-bond acceptors (Lipinski definition) is 3. The zero-order chi connectivity index (χ0) is 25.2. The maximum Gasteiger partial charge on any atom is 0.413 e. The minimum Gasteiger partial charge on any atom is -0.444 e. The van der Waals surface area contributed by atoms with Gasteiger partial charge in [-0.25, -0.2) is 9.48 Å². The summed E-state index contributed by atoms with van der Waals surface area (Å²) >= 11 is 0. The van der Waals surface area contributed by atoms with Gasteiger partial charge in [0.15, 0.2) is 0 Å². The summed E-state index contributed by atoms with van der Waals surface area (Å²) in [5.74, 6) is 0.870. The van der Waals surface area contributed by atoms with Gasteiger partial charge in [0.25, 0.3) is 0 Å². The third-order valence-electron chi connectivity index (χ3n) is 6.41. The fourth-order valence-electron chi connectivity index (χ4n) is 4.42. The van der Waals surface area contributed by atoms with Crippen LogP contribution in [0, 0.1) is 0 Å². The molecule has 0 bridgehead atoms. The van der Waals surface area contributed by atoms with E-state index in [9.17, 15) is 4.79 Å². The lowest BCUT2D eigenvalue weighted by Crippen LogP contribution is -2.27. The molecule has 1 N–H and O–H groups in total. The number of carbonyl (C=O) groups is 1. The molecule has 0 radical (unpaired) electrons. The smallest absolute Gasteiger partial charge is 0.413 e. The third kappa shape index (κ3) is 6.02. The molecule has 5 heteroatoms. The highest BCUT2D eigenvalue weighted by atomic mass is 16.5. The van der Waals surface area contributed by atoms with Gasteiger partial charge in [0, 0.05) is 12.0 Å². The predicted molar refractivity (Wildman–Crippen MR) is 143 cm³/mol. The van der Waals surface area contributed by atoms with Crippen LogP contribution in [0.3, 0.4) is 0 Å². The molecule has 1 unspecified atom stereocenters. The molecule has 1 aliphatic rings. The molecule has 5 nitrogen and oxygen atoms in total. The first kappa shape index (κ1) is 24.8. The van der Waals surface area contributed by atoms with Gasteiger partial charge >= 0.3 is 6.09 Å². The van der Waals surface area contributed by atoms with Gasteiger partial charge in [-0.15, -0.1) is 0 Å². The van der Waals surface area contributed by atoms with Crippen LogP contribution in [0.25, 0.3) is 5.57 Å². The van der Waals surface area contributed by atoms with E-state index in [1.54, 1.807) is 0 Å². The number of ether oxygens (including phenoxy) is 1. The number of carbonyl (C=O) groups excluding carboxylic acids is 1. The molecule has 0 fully saturated rings. The molecule has 184 valence electrons. The van der Waals surface area contributed by atoms with Crippen LogP contribution in [-0.2, 0) is 22.3 Å². The standard InChI is InChI=1S/C30H37N3O2/c1-29(2,3)25-14-10-13-22(18-25)23-15-16-24(17-23)26-19-27(33(32-26)30(4,5)6)31-28(34)35-20-21-11-8-7-9-12-21/h7-14,17-19,24H,15-16,20H2,1-6H3,(H,31,34). The molecule has 2 aromatic carbocycles. The van der Waals surface area contributed by atoms with Gasteiger partial charge in [0.2, 0.25) is 0 Å². The first-order valence-electron chi connectivity index (χ1n) is 12.4. The highest BCUT2D eigenvalue weighted by Crippen LogP contribution is 2.39. The summed E-state index contributed by atoms with van der Waals surface area (Å²) in [7, 11) is 0. The summed E-state index contributed by atoms with van der Waals surface area (Å²) in [5.41, 5.74) is 5.76. The fraction of sp³-hybridized carbons (Fsp3) is 0.400. The molecule has 0 saturated heterocycles. The molecule has 0 saturated carbocycles. The van der Waals surface area contributed by atoms with E-state index in [-0.39, 0.29) is 23.5 Å². The lowest BCUT2D eigenvalue weighted by Gasteiger charge is -2.22. The number of allylic oxidation sites excluding steroid dienone is 2. The molecule has 1 amide bonds. The van der Waals surface area contributed by atoms with Crippen LogP contribution in [0.4, 0.5) is 10.6 Å². The van der Waals surface area contributed by atoms with Crippen molar-refractivity contribution in [2.45, 2.75) is 77.9 Å². The molecule has 1 atom stereocenters. The number of nitrogens with one attached hydrogen (secondary N) is 1. The summed E-state index contributed by atoms with van der Waals surface area (Å²) in [5, 5.41) is 7.84. The summed E-state index contributed by atoms with van der Waals surface area (Å²) in [4.78, 5) is 12.6. The van der Waals surface area contributed by atoms with Gasteiger partial charge in [-0.05, 0) is 61.3 Å². The average Bonchev–Trinajstić information content (AvgIpc) is 3.45. The number of anilines is 1. The van der Waals surface area contributed by atoms with E-state index in [1.807, 2.05) is 41.1 Å². The largest absolute Gasteiger partial charge is 0.444 e. The molecule has 1 heterocycles. The Morgan fingerprint density at radius 1 is 1.03 bits per heavy atom. The van der Waals surface area contributed by atoms with Crippen molar-refractivity contribution < 1.29 is 9.53 Å². The summed E-state index contributed by atoms with van der Waals surface area (Å²) in [6, 6.07) is 20.5. The van der Waals surface area contributed by atoms with Crippen molar-refractivity contribution in [2.75, 3.05) is 5.32 Å². The Morgan fingerprint density at radius 2 is 1.77 bits per heavy atom. The van der Waals surface area contributed by atoms with E-state index in [0.717, 1.165) is 24.1 Å². The van der Waals surface area contributed by atoms with E-state index >= 15 is 0 Å². The van der Waals surface area contributed by atoms with Gasteiger partial charge in [-0.1, -0.05) is 81.4 Å². The van der Waals surface area contributed by atoms with E-state index in [4.69, 9.17) is 9.84 Å². The van der Waals surface area contributed by atoms with Crippen LogP contribution in [0.5, 0.6) is 0 Å². The minimum atomic E-state index is -0.479. The second-order valence-electron chi connectivity index (χ2n) is 11.4. The van der Waals surface area contributed by atoms with Crippen molar-refractivity contribution in [3.63, 3.8) is 0 Å². The zero-order valence-corrected chi connectivity index (χ0v) is 21.8.